The Hall–Kier alpha value is -6.05. The maximum atomic E-state index is 14.0. The smallest absolute Gasteiger partial charge is 0.326 e. The molecule has 0 aliphatic carbocycles. The minimum atomic E-state index is -1.65. The normalized spacial score (nSPS) is 16.7. The zero-order chi connectivity index (χ0) is 47.3. The van der Waals surface area contributed by atoms with Gasteiger partial charge in [-0.05, 0) is 70.8 Å². The van der Waals surface area contributed by atoms with E-state index < -0.39 is 145 Å². The minimum Gasteiger partial charge on any atom is -0.481 e. The predicted molar refractivity (Wildman–Crippen MR) is 218 cm³/mol. The van der Waals surface area contributed by atoms with E-state index in [0.29, 0.717) is 12.2 Å². The number of hydrogen-bond acceptors (Lipinski definition) is 14. The van der Waals surface area contributed by atoms with Crippen LogP contribution in [0.4, 0.5) is 0 Å². The zero-order valence-corrected chi connectivity index (χ0v) is 35.6. The molecule has 8 atom stereocenters. The van der Waals surface area contributed by atoms with Crippen molar-refractivity contribution in [3.63, 3.8) is 0 Å². The van der Waals surface area contributed by atoms with Gasteiger partial charge in [-0.3, -0.25) is 52.7 Å². The van der Waals surface area contributed by atoms with E-state index in [1.165, 1.54) is 30.5 Å². The van der Waals surface area contributed by atoms with E-state index >= 15 is 0 Å². The summed E-state index contributed by atoms with van der Waals surface area (Å²) in [6.07, 6.45) is -1.01. The first-order valence-corrected chi connectivity index (χ1v) is 21.0. The first-order valence-electron chi connectivity index (χ1n) is 19.7. The van der Waals surface area contributed by atoms with Gasteiger partial charge in [-0.2, -0.15) is 11.8 Å². The number of carboxylic acids is 2. The quantitative estimate of drug-likeness (QED) is 0.0334. The first kappa shape index (κ1) is 54.0. The van der Waals surface area contributed by atoms with Gasteiger partial charge in [0, 0.05) is 32.2 Å². The summed E-state index contributed by atoms with van der Waals surface area (Å²) >= 11 is 1.36. The summed E-state index contributed by atoms with van der Waals surface area (Å²) in [6.45, 7) is 2.59. The second kappa shape index (κ2) is 27.0. The van der Waals surface area contributed by atoms with E-state index in [9.17, 15) is 67.7 Å². The number of nitrogens with one attached hydrogen (secondary N) is 6. The van der Waals surface area contributed by atoms with Crippen LogP contribution >= 0.6 is 11.8 Å². The Kier molecular flexibility index (Phi) is 23.5. The highest BCUT2D eigenvalue weighted by atomic mass is 32.2. The van der Waals surface area contributed by atoms with Gasteiger partial charge in [0.1, 0.15) is 42.3 Å². The summed E-state index contributed by atoms with van der Waals surface area (Å²) in [5.74, 6) is -11.1. The molecule has 0 aromatic rings. The fraction of sp³-hybridized carbons (Fsp3) is 0.667. The maximum Gasteiger partial charge on any atom is 0.326 e. The fourth-order valence-corrected chi connectivity index (χ4v) is 6.45. The summed E-state index contributed by atoms with van der Waals surface area (Å²) in [7, 11) is 0. The van der Waals surface area contributed by atoms with E-state index in [1.807, 2.05) is 0 Å². The molecule has 1 saturated heterocycles. The lowest BCUT2D eigenvalue weighted by atomic mass is 10.1. The van der Waals surface area contributed by atoms with Crippen molar-refractivity contribution >= 4 is 82.8 Å². The predicted octanol–water partition coefficient (Wildman–Crippen LogP) is -5.25. The summed E-state index contributed by atoms with van der Waals surface area (Å²) in [6, 6.07) is -11.0. The maximum absolute atomic E-state index is 14.0. The molecule has 1 rings (SSSR count). The minimum absolute atomic E-state index is 0.0504. The molecule has 0 aromatic carbocycles. The molecule has 0 bridgehead atoms. The summed E-state index contributed by atoms with van der Waals surface area (Å²) < 4.78 is 0. The fourth-order valence-electron chi connectivity index (χ4n) is 5.98. The average molecular weight is 902 g/mol. The molecule has 0 spiro atoms. The number of amides is 10. The van der Waals surface area contributed by atoms with Crippen molar-refractivity contribution in [2.45, 2.75) is 133 Å². The lowest BCUT2D eigenvalue weighted by molar-refractivity contribution is -0.143. The molecule has 62 heavy (non-hydrogen) atoms. The van der Waals surface area contributed by atoms with E-state index in [2.05, 4.69) is 31.9 Å². The highest BCUT2D eigenvalue weighted by Crippen LogP contribution is 2.21. The number of primary amides is 3. The number of likely N-dealkylation sites (tertiary alicyclic amines) is 1. The largest absolute Gasteiger partial charge is 0.481 e. The third-order valence-electron chi connectivity index (χ3n) is 9.43. The number of nitrogens with two attached hydrogens (primary N) is 4. The van der Waals surface area contributed by atoms with Gasteiger partial charge in [-0.1, -0.05) is 0 Å². The van der Waals surface area contributed by atoms with Gasteiger partial charge in [0.2, 0.25) is 59.1 Å². The summed E-state index contributed by atoms with van der Waals surface area (Å²) in [5, 5.41) is 32.9. The van der Waals surface area contributed by atoms with Crippen molar-refractivity contribution in [3.05, 3.63) is 0 Å². The standard InChI is InChI=1S/C36H59N11O14S/c1-17(37)29(53)42-19(6-10-25(38)48)33(57)45-22(14-16-62-3)35(59)47-15-4-5-24(47)34(58)44-20(7-11-26(39)49)32(56)43-21(9-13-28(51)52)31(55)41-18(2)30(54)46-23(36(60)61)8-12-27(40)50/h17-24H,4-16,37H2,1-3H3,(H2,38,48)(H2,39,49)(H2,40,50)(H,41,55)(H,42,53)(H,43,56)(H,44,58)(H,45,57)(H,46,54)(H,51,52)(H,60,61)/t17-,18-,19-,20-,21-,22-,23-,24-/m0/s1. The third-order valence-corrected chi connectivity index (χ3v) is 10.1. The Labute approximate surface area is 361 Å². The molecule has 1 aliphatic rings. The van der Waals surface area contributed by atoms with Gasteiger partial charge in [-0.15, -0.1) is 0 Å². The zero-order valence-electron chi connectivity index (χ0n) is 34.8. The number of rotatable bonds is 29. The number of carboxylic acid groups (broad SMARTS) is 2. The van der Waals surface area contributed by atoms with Crippen LogP contribution in [0.3, 0.4) is 0 Å². The molecule has 0 radical (unpaired) electrons. The molecule has 0 saturated carbocycles. The monoisotopic (exact) mass is 901 g/mol. The van der Waals surface area contributed by atoms with Crippen LogP contribution in [0.5, 0.6) is 0 Å². The molecule has 348 valence electrons. The van der Waals surface area contributed by atoms with Crippen LogP contribution in [0.2, 0.25) is 0 Å². The van der Waals surface area contributed by atoms with Gasteiger partial charge in [-0.25, -0.2) is 4.79 Å². The van der Waals surface area contributed by atoms with Crippen LogP contribution in [0.15, 0.2) is 0 Å². The Morgan fingerprint density at radius 1 is 0.597 bits per heavy atom. The van der Waals surface area contributed by atoms with Crippen molar-refractivity contribution < 1.29 is 67.7 Å². The number of carbonyl (C=O) groups is 12. The Balaban J connectivity index is 3.30. The highest BCUT2D eigenvalue weighted by molar-refractivity contribution is 7.98. The Bertz CT molecular complexity index is 1680. The molecular weight excluding hydrogens is 843 g/mol. The topological polar surface area (TPSA) is 425 Å². The van der Waals surface area contributed by atoms with Gasteiger partial charge in [0.25, 0.3) is 0 Å². The second-order valence-electron chi connectivity index (χ2n) is 14.6. The third kappa shape index (κ3) is 19.6. The summed E-state index contributed by atoms with van der Waals surface area (Å²) in [5.41, 5.74) is 21.2. The Morgan fingerprint density at radius 3 is 1.50 bits per heavy atom. The lowest BCUT2D eigenvalue weighted by Gasteiger charge is -2.31. The van der Waals surface area contributed by atoms with E-state index in [1.54, 1.807) is 6.26 Å². The van der Waals surface area contributed by atoms with Crippen molar-refractivity contribution in [1.29, 1.82) is 0 Å². The molecule has 1 heterocycles. The SMILES string of the molecule is CSCC[C@H](NC(=O)[C@H](CCC(N)=O)NC(=O)[C@H](C)N)C(=O)N1CCC[C@H]1C(=O)N[C@@H](CCC(N)=O)C(=O)N[C@@H](CCC(=O)O)C(=O)N[C@@H](C)C(=O)N[C@@H](CCC(N)=O)C(=O)O. The molecule has 10 amide bonds. The molecule has 16 N–H and O–H groups in total. The van der Waals surface area contributed by atoms with Crippen LogP contribution < -0.4 is 54.8 Å². The van der Waals surface area contributed by atoms with Crippen LogP contribution in [0, 0.1) is 0 Å². The number of thioether (sulfide) groups is 1. The molecule has 1 fully saturated rings. The number of carbonyl (C=O) groups excluding carboxylic acids is 10. The lowest BCUT2D eigenvalue weighted by Crippen LogP contribution is -2.59. The van der Waals surface area contributed by atoms with Crippen molar-refractivity contribution in [1.82, 2.24) is 36.8 Å². The van der Waals surface area contributed by atoms with E-state index in [0.717, 1.165) is 0 Å². The average Bonchev–Trinajstić information content (AvgIpc) is 3.68. The van der Waals surface area contributed by atoms with Crippen LogP contribution in [-0.4, -0.2) is 153 Å². The number of nitrogens with zero attached hydrogens (tertiary/aromatic N) is 1. The summed E-state index contributed by atoms with van der Waals surface area (Å²) in [4.78, 5) is 152. The highest BCUT2D eigenvalue weighted by Gasteiger charge is 2.40. The van der Waals surface area contributed by atoms with E-state index in [4.69, 9.17) is 22.9 Å². The van der Waals surface area contributed by atoms with E-state index in [-0.39, 0.29) is 45.1 Å². The molecule has 25 nitrogen and oxygen atoms in total. The van der Waals surface area contributed by atoms with Crippen LogP contribution in [0.1, 0.15) is 84.5 Å². The molecule has 1 aliphatic heterocycles. The molecule has 26 heteroatoms. The second-order valence-corrected chi connectivity index (χ2v) is 15.6. The van der Waals surface area contributed by atoms with Crippen molar-refractivity contribution in [3.8, 4) is 0 Å². The first-order chi connectivity index (χ1) is 29.0. The number of aliphatic carboxylic acids is 2. The van der Waals surface area contributed by atoms with Gasteiger partial charge in [0.05, 0.1) is 6.04 Å². The molecule has 0 aromatic heterocycles. The van der Waals surface area contributed by atoms with Crippen LogP contribution in [-0.2, 0) is 57.5 Å². The van der Waals surface area contributed by atoms with Gasteiger partial charge < -0.3 is 69.9 Å². The van der Waals surface area contributed by atoms with Crippen molar-refractivity contribution in [2.75, 3.05) is 18.6 Å². The van der Waals surface area contributed by atoms with Gasteiger partial charge >= 0.3 is 11.9 Å². The molecule has 0 unspecified atom stereocenters. The number of hydrogen-bond donors (Lipinski definition) is 12. The van der Waals surface area contributed by atoms with Crippen LogP contribution in [0.25, 0.3) is 0 Å². The molecular formula is C36H59N11O14S. The Morgan fingerprint density at radius 2 is 1.03 bits per heavy atom. The van der Waals surface area contributed by atoms with Crippen molar-refractivity contribution in [2.24, 2.45) is 22.9 Å². The van der Waals surface area contributed by atoms with Gasteiger partial charge in [0.15, 0.2) is 0 Å².